The predicted molar refractivity (Wildman–Crippen MR) is 63.0 cm³/mol. The third kappa shape index (κ3) is 3.19. The van der Waals surface area contributed by atoms with Gasteiger partial charge in [0.15, 0.2) is 6.10 Å². The molecule has 0 aromatic carbocycles. The first-order valence-electron chi connectivity index (χ1n) is 6.64. The quantitative estimate of drug-likeness (QED) is 0.825. The van der Waals surface area contributed by atoms with Gasteiger partial charge < -0.3 is 14.6 Å². The maximum Gasteiger partial charge on any atom is 0.332 e. The molecule has 0 aromatic heterocycles. The Labute approximate surface area is 102 Å². The van der Waals surface area contributed by atoms with Crippen LogP contribution in [0.5, 0.6) is 0 Å². The molecule has 1 aliphatic carbocycles. The van der Waals surface area contributed by atoms with Crippen molar-refractivity contribution in [3.05, 3.63) is 0 Å². The molecular formula is C13H22O4. The lowest BCUT2D eigenvalue weighted by molar-refractivity contribution is -0.174. The van der Waals surface area contributed by atoms with Gasteiger partial charge in [0.1, 0.15) is 0 Å². The molecule has 2 fully saturated rings. The summed E-state index contributed by atoms with van der Waals surface area (Å²) in [7, 11) is 0. The lowest BCUT2D eigenvalue weighted by Gasteiger charge is -2.43. The van der Waals surface area contributed by atoms with E-state index in [1.54, 1.807) is 6.92 Å². The SMILES string of the molecule is C[C@H](OC1CCOC2(CCCCC2)C1)C(=O)O. The summed E-state index contributed by atoms with van der Waals surface area (Å²) in [5.41, 5.74) is -0.0145. The van der Waals surface area contributed by atoms with Crippen LogP contribution in [0.4, 0.5) is 0 Å². The van der Waals surface area contributed by atoms with Gasteiger partial charge in [-0.3, -0.25) is 0 Å². The van der Waals surface area contributed by atoms with Crippen molar-refractivity contribution < 1.29 is 19.4 Å². The Bertz CT molecular complexity index is 265. The van der Waals surface area contributed by atoms with E-state index in [1.165, 1.54) is 19.3 Å². The molecule has 4 nitrogen and oxygen atoms in total. The molecule has 1 saturated carbocycles. The molecule has 98 valence electrons. The maximum absolute atomic E-state index is 10.8. The van der Waals surface area contributed by atoms with E-state index in [4.69, 9.17) is 14.6 Å². The van der Waals surface area contributed by atoms with Crippen molar-refractivity contribution in [2.24, 2.45) is 0 Å². The largest absolute Gasteiger partial charge is 0.479 e. The van der Waals surface area contributed by atoms with E-state index in [0.717, 1.165) is 25.7 Å². The highest BCUT2D eigenvalue weighted by Gasteiger charge is 2.39. The zero-order valence-electron chi connectivity index (χ0n) is 10.5. The lowest BCUT2D eigenvalue weighted by atomic mass is 9.79. The van der Waals surface area contributed by atoms with Crippen LogP contribution in [0.1, 0.15) is 51.9 Å². The number of aliphatic carboxylic acids is 1. The Morgan fingerprint density at radius 3 is 2.76 bits per heavy atom. The molecule has 0 aromatic rings. The van der Waals surface area contributed by atoms with Crippen LogP contribution in [-0.4, -0.2) is 35.5 Å². The van der Waals surface area contributed by atoms with Gasteiger partial charge in [0, 0.05) is 13.0 Å². The van der Waals surface area contributed by atoms with Crippen LogP contribution >= 0.6 is 0 Å². The Hall–Kier alpha value is -0.610. The molecule has 0 bridgehead atoms. The number of hydrogen-bond donors (Lipinski definition) is 1. The number of carbonyl (C=O) groups is 1. The minimum Gasteiger partial charge on any atom is -0.479 e. The fraction of sp³-hybridized carbons (Fsp3) is 0.923. The van der Waals surface area contributed by atoms with Gasteiger partial charge in [-0.2, -0.15) is 0 Å². The fourth-order valence-electron chi connectivity index (χ4n) is 2.99. The first kappa shape index (κ1) is 12.8. The van der Waals surface area contributed by atoms with E-state index in [0.29, 0.717) is 6.61 Å². The summed E-state index contributed by atoms with van der Waals surface area (Å²) in [5, 5.41) is 8.86. The fourth-order valence-corrected chi connectivity index (χ4v) is 2.99. The normalized spacial score (nSPS) is 30.1. The molecule has 4 heteroatoms. The monoisotopic (exact) mass is 242 g/mol. The van der Waals surface area contributed by atoms with Crippen molar-refractivity contribution in [2.45, 2.75) is 69.7 Å². The smallest absolute Gasteiger partial charge is 0.332 e. The summed E-state index contributed by atoms with van der Waals surface area (Å²) in [6, 6.07) is 0. The summed E-state index contributed by atoms with van der Waals surface area (Å²) in [6.07, 6.45) is 6.98. The number of carboxylic acids is 1. The number of ether oxygens (including phenoxy) is 2. The topological polar surface area (TPSA) is 55.8 Å². The average Bonchev–Trinajstić information content (AvgIpc) is 2.30. The molecule has 1 heterocycles. The van der Waals surface area contributed by atoms with Crippen LogP contribution in [0.2, 0.25) is 0 Å². The molecule has 1 aliphatic heterocycles. The van der Waals surface area contributed by atoms with Gasteiger partial charge in [0.2, 0.25) is 0 Å². The van der Waals surface area contributed by atoms with Gasteiger partial charge in [-0.15, -0.1) is 0 Å². The Balaban J connectivity index is 1.90. The number of hydrogen-bond acceptors (Lipinski definition) is 3. The molecule has 1 unspecified atom stereocenters. The molecule has 1 saturated heterocycles. The standard InChI is InChI=1S/C13H22O4/c1-10(12(14)15)17-11-5-8-16-13(9-11)6-3-2-4-7-13/h10-11H,2-9H2,1H3,(H,14,15)/t10-,11?/m0/s1. The second-order valence-electron chi connectivity index (χ2n) is 5.32. The van der Waals surface area contributed by atoms with Gasteiger partial charge >= 0.3 is 5.97 Å². The highest BCUT2D eigenvalue weighted by Crippen LogP contribution is 2.39. The Morgan fingerprint density at radius 2 is 2.12 bits per heavy atom. The van der Waals surface area contributed by atoms with Crippen LogP contribution in [0, 0.1) is 0 Å². The molecule has 2 atom stereocenters. The van der Waals surface area contributed by atoms with Crippen LogP contribution < -0.4 is 0 Å². The zero-order chi connectivity index (χ0) is 12.3. The molecule has 0 radical (unpaired) electrons. The van der Waals surface area contributed by atoms with Crippen LogP contribution in [-0.2, 0) is 14.3 Å². The minimum absolute atomic E-state index is 0.0145. The summed E-state index contributed by atoms with van der Waals surface area (Å²) >= 11 is 0. The van der Waals surface area contributed by atoms with E-state index >= 15 is 0 Å². The third-order valence-corrected chi connectivity index (χ3v) is 3.96. The second-order valence-corrected chi connectivity index (χ2v) is 5.32. The number of rotatable bonds is 3. The zero-order valence-corrected chi connectivity index (χ0v) is 10.5. The van der Waals surface area contributed by atoms with Gasteiger partial charge in [0.05, 0.1) is 11.7 Å². The van der Waals surface area contributed by atoms with E-state index in [-0.39, 0.29) is 11.7 Å². The first-order chi connectivity index (χ1) is 8.11. The third-order valence-electron chi connectivity index (χ3n) is 3.96. The molecule has 17 heavy (non-hydrogen) atoms. The minimum atomic E-state index is -0.880. The van der Waals surface area contributed by atoms with Crippen molar-refractivity contribution in [3.8, 4) is 0 Å². The summed E-state index contributed by atoms with van der Waals surface area (Å²) in [5.74, 6) is -0.880. The van der Waals surface area contributed by atoms with E-state index in [1.807, 2.05) is 0 Å². The molecule has 2 aliphatic rings. The summed E-state index contributed by atoms with van der Waals surface area (Å²) in [6.45, 7) is 2.31. The molecule has 1 spiro atoms. The summed E-state index contributed by atoms with van der Waals surface area (Å²) in [4.78, 5) is 10.8. The van der Waals surface area contributed by atoms with Crippen LogP contribution in [0.3, 0.4) is 0 Å². The van der Waals surface area contributed by atoms with Crippen molar-refractivity contribution in [2.75, 3.05) is 6.61 Å². The van der Waals surface area contributed by atoms with Gasteiger partial charge in [-0.1, -0.05) is 19.3 Å². The van der Waals surface area contributed by atoms with E-state index < -0.39 is 12.1 Å². The van der Waals surface area contributed by atoms with E-state index in [9.17, 15) is 4.79 Å². The average molecular weight is 242 g/mol. The lowest BCUT2D eigenvalue weighted by Crippen LogP contribution is -2.45. The highest BCUT2D eigenvalue weighted by molar-refractivity contribution is 5.71. The van der Waals surface area contributed by atoms with Crippen molar-refractivity contribution >= 4 is 5.97 Å². The van der Waals surface area contributed by atoms with Crippen molar-refractivity contribution in [3.63, 3.8) is 0 Å². The molecule has 0 amide bonds. The van der Waals surface area contributed by atoms with Gasteiger partial charge in [-0.05, 0) is 26.2 Å². The Morgan fingerprint density at radius 1 is 1.41 bits per heavy atom. The molecular weight excluding hydrogens is 220 g/mol. The van der Waals surface area contributed by atoms with Crippen LogP contribution in [0.15, 0.2) is 0 Å². The molecule has 1 N–H and O–H groups in total. The van der Waals surface area contributed by atoms with Crippen LogP contribution in [0.25, 0.3) is 0 Å². The summed E-state index contributed by atoms with van der Waals surface area (Å²) < 4.78 is 11.6. The Kier molecular flexibility index (Phi) is 4.05. The van der Waals surface area contributed by atoms with Crippen molar-refractivity contribution in [1.29, 1.82) is 0 Å². The predicted octanol–water partition coefficient (Wildman–Crippen LogP) is 2.36. The van der Waals surface area contributed by atoms with Gasteiger partial charge in [-0.25, -0.2) is 4.79 Å². The second kappa shape index (κ2) is 5.36. The van der Waals surface area contributed by atoms with E-state index in [2.05, 4.69) is 0 Å². The maximum atomic E-state index is 10.8. The highest BCUT2D eigenvalue weighted by atomic mass is 16.5. The number of carboxylic acid groups (broad SMARTS) is 1. The first-order valence-corrected chi connectivity index (χ1v) is 6.64. The van der Waals surface area contributed by atoms with Crippen molar-refractivity contribution in [1.82, 2.24) is 0 Å². The van der Waals surface area contributed by atoms with Gasteiger partial charge in [0.25, 0.3) is 0 Å². The molecule has 2 rings (SSSR count).